The number of sulfonamides is 2. The highest BCUT2D eigenvalue weighted by atomic mass is 32.2. The fourth-order valence-corrected chi connectivity index (χ4v) is 4.54. The van der Waals surface area contributed by atoms with E-state index >= 15 is 0 Å². The van der Waals surface area contributed by atoms with Gasteiger partial charge in [0.25, 0.3) is 10.0 Å². The fourth-order valence-electron chi connectivity index (χ4n) is 2.68. The van der Waals surface area contributed by atoms with Gasteiger partial charge in [0, 0.05) is 11.9 Å². The van der Waals surface area contributed by atoms with Gasteiger partial charge in [0.2, 0.25) is 15.9 Å². The molecule has 3 aromatic rings. The van der Waals surface area contributed by atoms with E-state index in [9.17, 15) is 26.0 Å². The molecule has 0 aliphatic rings. The second-order valence-corrected chi connectivity index (χ2v) is 10.2. The van der Waals surface area contributed by atoms with Gasteiger partial charge in [0.05, 0.1) is 16.8 Å². The molecule has 0 radical (unpaired) electrons. The summed E-state index contributed by atoms with van der Waals surface area (Å²) in [6.45, 7) is -0.550. The summed E-state index contributed by atoms with van der Waals surface area (Å²) in [5.74, 6) is -1.05. The highest BCUT2D eigenvalue weighted by Crippen LogP contribution is 2.19. The molecule has 0 aliphatic carbocycles. The first-order chi connectivity index (χ1) is 15.0. The summed E-state index contributed by atoms with van der Waals surface area (Å²) in [6.07, 6.45) is 2.38. The molecule has 168 valence electrons. The highest BCUT2D eigenvalue weighted by Gasteiger charge is 2.21. The zero-order valence-electron chi connectivity index (χ0n) is 16.8. The number of hydrogen-bond acceptors (Lipinski definition) is 6. The maximum Gasteiger partial charge on any atom is 0.263 e. The van der Waals surface area contributed by atoms with E-state index in [0.29, 0.717) is 0 Å². The van der Waals surface area contributed by atoms with E-state index < -0.39 is 38.3 Å². The Hall–Kier alpha value is -3.51. The molecular formula is C20H19FN4O5S2. The van der Waals surface area contributed by atoms with Gasteiger partial charge in [-0.1, -0.05) is 6.07 Å². The van der Waals surface area contributed by atoms with Crippen molar-refractivity contribution >= 4 is 43.1 Å². The molecule has 1 aromatic heterocycles. The fraction of sp³-hybridized carbons (Fsp3) is 0.100. The van der Waals surface area contributed by atoms with E-state index in [0.717, 1.165) is 22.7 Å². The number of carbonyl (C=O) groups excluding carboxylic acids is 1. The van der Waals surface area contributed by atoms with Gasteiger partial charge in [-0.15, -0.1) is 0 Å². The Morgan fingerprint density at radius 1 is 0.969 bits per heavy atom. The minimum absolute atomic E-state index is 0.0507. The van der Waals surface area contributed by atoms with E-state index in [2.05, 4.69) is 15.0 Å². The van der Waals surface area contributed by atoms with Crippen LogP contribution < -0.4 is 14.3 Å². The normalized spacial score (nSPS) is 11.6. The number of pyridine rings is 1. The Morgan fingerprint density at radius 3 is 2.19 bits per heavy atom. The van der Waals surface area contributed by atoms with Gasteiger partial charge in [0.1, 0.15) is 18.2 Å². The second kappa shape index (κ2) is 9.32. The minimum Gasteiger partial charge on any atom is -0.325 e. The van der Waals surface area contributed by atoms with Crippen LogP contribution >= 0.6 is 0 Å². The van der Waals surface area contributed by atoms with E-state index in [1.54, 1.807) is 12.1 Å². The first-order valence-corrected chi connectivity index (χ1v) is 12.4. The SMILES string of the molecule is CS(=O)(=O)N(CC(=O)Nc1ccc(S(=O)(=O)Nc2ccccn2)cc1)c1ccc(F)cc1. The summed E-state index contributed by atoms with van der Waals surface area (Å²) in [4.78, 5) is 16.3. The molecule has 0 atom stereocenters. The van der Waals surface area contributed by atoms with Crippen molar-refractivity contribution in [1.82, 2.24) is 4.98 Å². The molecule has 2 aromatic carbocycles. The van der Waals surface area contributed by atoms with Gasteiger partial charge in [-0.3, -0.25) is 13.8 Å². The van der Waals surface area contributed by atoms with Crippen LogP contribution in [0.15, 0.2) is 77.8 Å². The lowest BCUT2D eigenvalue weighted by atomic mass is 10.3. The molecule has 1 heterocycles. The Balaban J connectivity index is 1.70. The van der Waals surface area contributed by atoms with Crippen molar-refractivity contribution in [3.05, 3.63) is 78.7 Å². The van der Waals surface area contributed by atoms with Gasteiger partial charge < -0.3 is 5.32 Å². The standard InChI is InChI=1S/C20H19FN4O5S2/c1-31(27,28)25(17-9-5-15(21)6-10-17)14-20(26)23-16-7-11-18(12-8-16)32(29,30)24-19-4-2-3-13-22-19/h2-13H,14H2,1H3,(H,22,24)(H,23,26). The number of halogens is 1. The van der Waals surface area contributed by atoms with Gasteiger partial charge in [0.15, 0.2) is 0 Å². The molecule has 2 N–H and O–H groups in total. The molecule has 0 unspecified atom stereocenters. The summed E-state index contributed by atoms with van der Waals surface area (Å²) >= 11 is 0. The molecule has 0 bridgehead atoms. The van der Waals surface area contributed by atoms with Crippen molar-refractivity contribution in [2.45, 2.75) is 4.90 Å². The van der Waals surface area contributed by atoms with Crippen LogP contribution in [0.4, 0.5) is 21.6 Å². The number of amides is 1. The van der Waals surface area contributed by atoms with E-state index in [1.807, 2.05) is 0 Å². The summed E-state index contributed by atoms with van der Waals surface area (Å²) < 4.78 is 65.3. The van der Waals surface area contributed by atoms with E-state index in [4.69, 9.17) is 0 Å². The van der Waals surface area contributed by atoms with Crippen LogP contribution in [0.1, 0.15) is 0 Å². The number of rotatable bonds is 8. The lowest BCUT2D eigenvalue weighted by molar-refractivity contribution is -0.114. The van der Waals surface area contributed by atoms with E-state index in [1.165, 1.54) is 48.7 Å². The van der Waals surface area contributed by atoms with Crippen molar-refractivity contribution in [1.29, 1.82) is 0 Å². The predicted octanol–water partition coefficient (Wildman–Crippen LogP) is 2.43. The lowest BCUT2D eigenvalue weighted by Gasteiger charge is -2.21. The Bertz CT molecular complexity index is 1300. The molecule has 0 aliphatic heterocycles. The number of carbonyl (C=O) groups is 1. The van der Waals surface area contributed by atoms with Gasteiger partial charge in [-0.05, 0) is 60.7 Å². The Labute approximate surface area is 185 Å². The van der Waals surface area contributed by atoms with Gasteiger partial charge >= 0.3 is 0 Å². The average Bonchev–Trinajstić information content (AvgIpc) is 2.73. The number of benzene rings is 2. The molecule has 12 heteroatoms. The Kier molecular flexibility index (Phi) is 6.75. The van der Waals surface area contributed by atoms with Crippen LogP contribution in [0, 0.1) is 5.82 Å². The van der Waals surface area contributed by atoms with Crippen molar-refractivity contribution < 1.29 is 26.0 Å². The van der Waals surface area contributed by atoms with Gasteiger partial charge in [-0.2, -0.15) is 0 Å². The third kappa shape index (κ3) is 6.02. The first-order valence-electron chi connectivity index (χ1n) is 9.12. The third-order valence-corrected chi connectivity index (χ3v) is 6.67. The zero-order chi connectivity index (χ0) is 23.4. The largest absolute Gasteiger partial charge is 0.325 e. The number of nitrogens with one attached hydrogen (secondary N) is 2. The smallest absolute Gasteiger partial charge is 0.263 e. The van der Waals surface area contributed by atoms with Crippen molar-refractivity contribution in [3.63, 3.8) is 0 Å². The van der Waals surface area contributed by atoms with Crippen LogP contribution in [0.3, 0.4) is 0 Å². The van der Waals surface area contributed by atoms with Crippen molar-refractivity contribution in [2.24, 2.45) is 0 Å². The van der Waals surface area contributed by atoms with Crippen molar-refractivity contribution in [2.75, 3.05) is 27.1 Å². The van der Waals surface area contributed by atoms with Crippen LogP contribution in [-0.2, 0) is 24.8 Å². The third-order valence-electron chi connectivity index (χ3n) is 4.15. The summed E-state index contributed by atoms with van der Waals surface area (Å²) in [7, 11) is -7.70. The number of hydrogen-bond donors (Lipinski definition) is 2. The molecule has 9 nitrogen and oxygen atoms in total. The number of aromatic nitrogens is 1. The first kappa shape index (κ1) is 23.2. The zero-order valence-corrected chi connectivity index (χ0v) is 18.4. The molecule has 0 fully saturated rings. The topological polar surface area (TPSA) is 126 Å². The van der Waals surface area contributed by atoms with Crippen LogP contribution in [-0.4, -0.2) is 40.5 Å². The molecular weight excluding hydrogens is 459 g/mol. The summed E-state index contributed by atoms with van der Waals surface area (Å²) in [6, 6.07) is 14.8. The Morgan fingerprint density at radius 2 is 1.62 bits per heavy atom. The maximum absolute atomic E-state index is 13.1. The highest BCUT2D eigenvalue weighted by molar-refractivity contribution is 7.92. The average molecular weight is 479 g/mol. The van der Waals surface area contributed by atoms with Crippen molar-refractivity contribution in [3.8, 4) is 0 Å². The second-order valence-electron chi connectivity index (χ2n) is 6.64. The quantitative estimate of drug-likeness (QED) is 0.512. The summed E-state index contributed by atoms with van der Waals surface area (Å²) in [5, 5.41) is 2.51. The lowest BCUT2D eigenvalue weighted by Crippen LogP contribution is -2.37. The number of anilines is 3. The maximum atomic E-state index is 13.1. The molecule has 1 amide bonds. The van der Waals surface area contributed by atoms with E-state index in [-0.39, 0.29) is 22.1 Å². The summed E-state index contributed by atoms with van der Waals surface area (Å²) in [5.41, 5.74) is 0.394. The van der Waals surface area contributed by atoms with Crippen LogP contribution in [0.2, 0.25) is 0 Å². The monoisotopic (exact) mass is 478 g/mol. The molecule has 0 saturated heterocycles. The predicted molar refractivity (Wildman–Crippen MR) is 119 cm³/mol. The molecule has 0 spiro atoms. The molecule has 0 saturated carbocycles. The molecule has 32 heavy (non-hydrogen) atoms. The number of nitrogens with zero attached hydrogens (tertiary/aromatic N) is 2. The minimum atomic E-state index is -3.88. The molecule has 3 rings (SSSR count). The van der Waals surface area contributed by atoms with Gasteiger partial charge in [-0.25, -0.2) is 26.2 Å². The van der Waals surface area contributed by atoms with Crippen LogP contribution in [0.5, 0.6) is 0 Å². The van der Waals surface area contributed by atoms with Crippen LogP contribution in [0.25, 0.3) is 0 Å².